The van der Waals surface area contributed by atoms with Gasteiger partial charge in [0.25, 0.3) is 10.0 Å². The molecule has 1 saturated carbocycles. The lowest BCUT2D eigenvalue weighted by Gasteiger charge is -2.10. The fourth-order valence-electron chi connectivity index (χ4n) is 2.86. The minimum absolute atomic E-state index is 0.0344. The van der Waals surface area contributed by atoms with Crippen LogP contribution in [0.5, 0.6) is 0 Å². The summed E-state index contributed by atoms with van der Waals surface area (Å²) in [6.45, 7) is 3.50. The molecule has 2 aromatic heterocycles. The van der Waals surface area contributed by atoms with E-state index in [2.05, 4.69) is 15.2 Å². The Balaban J connectivity index is 1.51. The van der Waals surface area contributed by atoms with E-state index in [4.69, 9.17) is 16.1 Å². The molecule has 1 aliphatic rings. The highest BCUT2D eigenvalue weighted by Gasteiger charge is 2.30. The summed E-state index contributed by atoms with van der Waals surface area (Å²) in [5.74, 6) is 0.441. The molecule has 0 spiro atoms. The van der Waals surface area contributed by atoms with E-state index >= 15 is 0 Å². The molecule has 10 heteroatoms. The number of hydrogen-bond donors (Lipinski definition) is 2. The van der Waals surface area contributed by atoms with Crippen LogP contribution in [-0.4, -0.2) is 19.5 Å². The number of nitrogens with one attached hydrogen (secondary N) is 2. The number of nitrogens with zero attached hydrogens (tertiary/aromatic N) is 1. The second-order valence-corrected chi connectivity index (χ2v) is 10.7. The smallest absolute Gasteiger partial charge is 0.271 e. The average molecular weight is 478 g/mol. The van der Waals surface area contributed by atoms with Gasteiger partial charge >= 0.3 is 0 Å². The van der Waals surface area contributed by atoms with Crippen LogP contribution < -0.4 is 10.0 Å². The SMILES string of the molecule is Cc1noc(C=Cc2ccc(S(=O)(=O)Nc3cccc(Cl)c3C)s2)c1NC(=O)C1CC1. The summed E-state index contributed by atoms with van der Waals surface area (Å²) in [7, 11) is -3.75. The van der Waals surface area contributed by atoms with Gasteiger partial charge in [-0.15, -0.1) is 11.3 Å². The van der Waals surface area contributed by atoms with Gasteiger partial charge in [-0.25, -0.2) is 8.42 Å². The van der Waals surface area contributed by atoms with Gasteiger partial charge in [-0.1, -0.05) is 22.8 Å². The fraction of sp³-hybridized carbons (Fsp3) is 0.238. The number of amides is 1. The van der Waals surface area contributed by atoms with E-state index < -0.39 is 10.0 Å². The quantitative estimate of drug-likeness (QED) is 0.479. The number of anilines is 2. The van der Waals surface area contributed by atoms with Crippen LogP contribution >= 0.6 is 22.9 Å². The minimum atomic E-state index is -3.75. The summed E-state index contributed by atoms with van der Waals surface area (Å²) in [5, 5.41) is 7.27. The predicted octanol–water partition coefficient (Wildman–Crippen LogP) is 5.33. The topological polar surface area (TPSA) is 101 Å². The Labute approximate surface area is 189 Å². The van der Waals surface area contributed by atoms with Gasteiger partial charge in [-0.2, -0.15) is 0 Å². The third kappa shape index (κ3) is 4.84. The first kappa shape index (κ1) is 21.6. The van der Waals surface area contributed by atoms with Crippen LogP contribution in [0.15, 0.2) is 39.1 Å². The van der Waals surface area contributed by atoms with E-state index in [0.717, 1.165) is 24.2 Å². The Morgan fingerprint density at radius 1 is 1.23 bits per heavy atom. The summed E-state index contributed by atoms with van der Waals surface area (Å²) < 4.78 is 33.6. The number of carbonyl (C=O) groups excluding carboxylic acids is 1. The molecule has 0 atom stereocenters. The highest BCUT2D eigenvalue weighted by molar-refractivity contribution is 7.94. The zero-order chi connectivity index (χ0) is 22.2. The number of aromatic nitrogens is 1. The maximum atomic E-state index is 12.8. The summed E-state index contributed by atoms with van der Waals surface area (Å²) in [6, 6.07) is 8.29. The van der Waals surface area contributed by atoms with E-state index in [0.29, 0.717) is 38.3 Å². The summed E-state index contributed by atoms with van der Waals surface area (Å²) in [4.78, 5) is 12.8. The minimum Gasteiger partial charge on any atom is -0.354 e. The van der Waals surface area contributed by atoms with Crippen molar-refractivity contribution in [2.45, 2.75) is 30.9 Å². The maximum absolute atomic E-state index is 12.8. The first-order chi connectivity index (χ1) is 14.7. The van der Waals surface area contributed by atoms with Gasteiger partial charge in [-0.05, 0) is 68.7 Å². The van der Waals surface area contributed by atoms with Crippen LogP contribution in [0.1, 0.15) is 34.7 Å². The van der Waals surface area contributed by atoms with E-state index in [1.807, 2.05) is 0 Å². The Bertz CT molecular complexity index is 1270. The molecule has 1 aliphatic carbocycles. The van der Waals surface area contributed by atoms with Crippen molar-refractivity contribution >= 4 is 62.4 Å². The second-order valence-electron chi connectivity index (χ2n) is 7.28. The van der Waals surface area contributed by atoms with Gasteiger partial charge in [0, 0.05) is 15.8 Å². The number of aryl methyl sites for hydroxylation is 1. The zero-order valence-electron chi connectivity index (χ0n) is 16.8. The number of carbonyl (C=O) groups is 1. The standard InChI is InChI=1S/C21H20ClN3O4S2/c1-12-16(22)4-3-5-17(12)25-31(27,28)19-11-9-15(30-19)8-10-18-20(13(2)24-29-18)23-21(26)14-6-7-14/h3-5,8-11,14,25H,6-7H2,1-2H3,(H,23,26). The Morgan fingerprint density at radius 3 is 2.74 bits per heavy atom. The molecule has 2 heterocycles. The number of benzene rings is 1. The molecule has 0 saturated heterocycles. The second kappa shape index (κ2) is 8.49. The molecular weight excluding hydrogens is 458 g/mol. The number of hydrogen-bond acceptors (Lipinski definition) is 6. The predicted molar refractivity (Wildman–Crippen MR) is 123 cm³/mol. The Hall–Kier alpha value is -2.62. The number of rotatable bonds is 7. The molecular formula is C21H20ClN3O4S2. The van der Waals surface area contributed by atoms with Crippen molar-refractivity contribution in [3.05, 3.63) is 57.2 Å². The van der Waals surface area contributed by atoms with Crippen LogP contribution in [0.3, 0.4) is 0 Å². The van der Waals surface area contributed by atoms with Crippen LogP contribution in [0.2, 0.25) is 5.02 Å². The Kier molecular flexibility index (Phi) is 5.92. The summed E-state index contributed by atoms with van der Waals surface area (Å²) in [6.07, 6.45) is 5.19. The van der Waals surface area contributed by atoms with Crippen LogP contribution in [0, 0.1) is 19.8 Å². The molecule has 1 fully saturated rings. The Morgan fingerprint density at radius 2 is 2.00 bits per heavy atom. The van der Waals surface area contributed by atoms with Gasteiger partial charge < -0.3 is 9.84 Å². The molecule has 1 aromatic carbocycles. The van der Waals surface area contributed by atoms with Crippen LogP contribution in [0.25, 0.3) is 12.2 Å². The van der Waals surface area contributed by atoms with E-state index in [1.165, 1.54) is 6.07 Å². The number of halogens is 1. The molecule has 0 aliphatic heterocycles. The molecule has 7 nitrogen and oxygen atoms in total. The molecule has 1 amide bonds. The third-order valence-electron chi connectivity index (χ3n) is 4.86. The van der Waals surface area contributed by atoms with Crippen molar-refractivity contribution < 1.29 is 17.7 Å². The molecule has 31 heavy (non-hydrogen) atoms. The summed E-state index contributed by atoms with van der Waals surface area (Å²) >= 11 is 7.19. The van der Waals surface area contributed by atoms with Gasteiger partial charge in [0.05, 0.1) is 5.69 Å². The molecule has 0 bridgehead atoms. The monoisotopic (exact) mass is 477 g/mol. The van der Waals surface area contributed by atoms with Gasteiger partial charge in [0.2, 0.25) is 5.91 Å². The highest BCUT2D eigenvalue weighted by atomic mass is 35.5. The van der Waals surface area contributed by atoms with Crippen molar-refractivity contribution in [3.8, 4) is 0 Å². The molecule has 2 N–H and O–H groups in total. The third-order valence-corrected chi connectivity index (χ3v) is 8.18. The normalized spacial score (nSPS) is 14.2. The lowest BCUT2D eigenvalue weighted by atomic mass is 10.2. The molecule has 0 unspecified atom stereocenters. The maximum Gasteiger partial charge on any atom is 0.271 e. The van der Waals surface area contributed by atoms with Crippen molar-refractivity contribution in [3.63, 3.8) is 0 Å². The molecule has 0 radical (unpaired) electrons. The largest absolute Gasteiger partial charge is 0.354 e. The number of thiophene rings is 1. The fourth-order valence-corrected chi connectivity index (χ4v) is 5.39. The first-order valence-corrected chi connectivity index (χ1v) is 12.3. The van der Waals surface area contributed by atoms with E-state index in [1.54, 1.807) is 50.3 Å². The van der Waals surface area contributed by atoms with Crippen molar-refractivity contribution in [2.75, 3.05) is 10.0 Å². The van der Waals surface area contributed by atoms with Gasteiger partial charge in [-0.3, -0.25) is 9.52 Å². The lowest BCUT2D eigenvalue weighted by Crippen LogP contribution is -2.14. The van der Waals surface area contributed by atoms with Gasteiger partial charge in [0.1, 0.15) is 15.6 Å². The van der Waals surface area contributed by atoms with Crippen molar-refractivity contribution in [2.24, 2.45) is 5.92 Å². The van der Waals surface area contributed by atoms with Crippen LogP contribution in [-0.2, 0) is 14.8 Å². The average Bonchev–Trinajstić information content (AvgIpc) is 3.37. The first-order valence-electron chi connectivity index (χ1n) is 9.57. The molecule has 162 valence electrons. The number of sulfonamides is 1. The van der Waals surface area contributed by atoms with Crippen molar-refractivity contribution in [1.29, 1.82) is 0 Å². The highest BCUT2D eigenvalue weighted by Crippen LogP contribution is 2.33. The van der Waals surface area contributed by atoms with E-state index in [-0.39, 0.29) is 16.0 Å². The summed E-state index contributed by atoms with van der Waals surface area (Å²) in [5.41, 5.74) is 2.22. The molecule has 3 aromatic rings. The van der Waals surface area contributed by atoms with Gasteiger partial charge in [0.15, 0.2) is 5.76 Å². The van der Waals surface area contributed by atoms with E-state index in [9.17, 15) is 13.2 Å². The van der Waals surface area contributed by atoms with Crippen molar-refractivity contribution in [1.82, 2.24) is 5.16 Å². The molecule has 4 rings (SSSR count). The van der Waals surface area contributed by atoms with Crippen LogP contribution in [0.4, 0.5) is 11.4 Å². The zero-order valence-corrected chi connectivity index (χ0v) is 19.2. The lowest BCUT2D eigenvalue weighted by molar-refractivity contribution is -0.117.